The molecule has 0 unspecified atom stereocenters. The molecule has 0 aromatic heterocycles. The standard InChI is InChI=1S/C12H22ClNO/c1-2-14(10-11-6-5-7-11)12(15)8-3-4-9-13/h11H,2-10H2,1H3. The van der Waals surface area contributed by atoms with Crippen molar-refractivity contribution in [2.75, 3.05) is 19.0 Å². The quantitative estimate of drug-likeness (QED) is 0.487. The summed E-state index contributed by atoms with van der Waals surface area (Å²) in [6.45, 7) is 3.91. The predicted octanol–water partition coefficient (Wildman–Crippen LogP) is 3.04. The van der Waals surface area contributed by atoms with Crippen LogP contribution in [0.4, 0.5) is 0 Å². The molecule has 1 amide bonds. The number of halogens is 1. The Morgan fingerprint density at radius 3 is 2.60 bits per heavy atom. The molecule has 0 radical (unpaired) electrons. The number of hydrogen-bond donors (Lipinski definition) is 0. The third kappa shape index (κ3) is 4.42. The molecule has 3 heteroatoms. The molecule has 0 N–H and O–H groups in total. The van der Waals surface area contributed by atoms with Crippen LogP contribution in [0.15, 0.2) is 0 Å². The van der Waals surface area contributed by atoms with E-state index in [-0.39, 0.29) is 0 Å². The van der Waals surface area contributed by atoms with E-state index in [1.807, 2.05) is 4.90 Å². The summed E-state index contributed by atoms with van der Waals surface area (Å²) in [5.74, 6) is 1.76. The third-order valence-corrected chi connectivity index (χ3v) is 3.48. The summed E-state index contributed by atoms with van der Waals surface area (Å²) < 4.78 is 0. The molecule has 0 aliphatic heterocycles. The predicted molar refractivity (Wildman–Crippen MR) is 64.2 cm³/mol. The lowest BCUT2D eigenvalue weighted by atomic mass is 9.85. The molecule has 0 bridgehead atoms. The molecule has 1 aliphatic rings. The Morgan fingerprint density at radius 2 is 2.13 bits per heavy atom. The maximum Gasteiger partial charge on any atom is 0.222 e. The Hall–Kier alpha value is -0.240. The number of rotatable bonds is 7. The molecule has 0 heterocycles. The highest BCUT2D eigenvalue weighted by Crippen LogP contribution is 2.27. The van der Waals surface area contributed by atoms with Crippen molar-refractivity contribution in [3.63, 3.8) is 0 Å². The van der Waals surface area contributed by atoms with Crippen molar-refractivity contribution in [3.8, 4) is 0 Å². The van der Waals surface area contributed by atoms with Crippen LogP contribution in [-0.4, -0.2) is 29.8 Å². The number of alkyl halides is 1. The van der Waals surface area contributed by atoms with Crippen molar-refractivity contribution in [2.24, 2.45) is 5.92 Å². The van der Waals surface area contributed by atoms with Crippen LogP contribution < -0.4 is 0 Å². The topological polar surface area (TPSA) is 20.3 Å². The molecule has 1 fully saturated rings. The second-order valence-electron chi connectivity index (χ2n) is 4.38. The van der Waals surface area contributed by atoms with Gasteiger partial charge in [-0.1, -0.05) is 6.42 Å². The molecule has 2 nitrogen and oxygen atoms in total. The molecule has 0 atom stereocenters. The Labute approximate surface area is 98.0 Å². The lowest BCUT2D eigenvalue weighted by Crippen LogP contribution is -2.37. The van der Waals surface area contributed by atoms with Crippen molar-refractivity contribution < 1.29 is 4.79 Å². The fourth-order valence-corrected chi connectivity index (χ4v) is 2.11. The fraction of sp³-hybridized carbons (Fsp3) is 0.917. The smallest absolute Gasteiger partial charge is 0.222 e. The minimum atomic E-state index is 0.314. The van der Waals surface area contributed by atoms with Crippen LogP contribution in [0.3, 0.4) is 0 Å². The number of hydrogen-bond acceptors (Lipinski definition) is 1. The number of carbonyl (C=O) groups is 1. The molecule has 1 saturated carbocycles. The normalized spacial score (nSPS) is 16.1. The molecular weight excluding hydrogens is 210 g/mol. The van der Waals surface area contributed by atoms with Gasteiger partial charge in [0.15, 0.2) is 0 Å². The fourth-order valence-electron chi connectivity index (χ4n) is 1.92. The highest BCUT2D eigenvalue weighted by atomic mass is 35.5. The van der Waals surface area contributed by atoms with E-state index in [1.165, 1.54) is 19.3 Å². The van der Waals surface area contributed by atoms with Crippen LogP contribution >= 0.6 is 11.6 Å². The van der Waals surface area contributed by atoms with Crippen molar-refractivity contribution >= 4 is 17.5 Å². The van der Waals surface area contributed by atoms with E-state index in [2.05, 4.69) is 6.92 Å². The Morgan fingerprint density at radius 1 is 1.40 bits per heavy atom. The first-order valence-electron chi connectivity index (χ1n) is 6.11. The first kappa shape index (κ1) is 12.8. The van der Waals surface area contributed by atoms with Crippen LogP contribution in [0.1, 0.15) is 45.4 Å². The summed E-state index contributed by atoms with van der Waals surface area (Å²) in [5.41, 5.74) is 0. The van der Waals surface area contributed by atoms with Crippen LogP contribution in [-0.2, 0) is 4.79 Å². The van der Waals surface area contributed by atoms with Crippen molar-refractivity contribution in [1.29, 1.82) is 0 Å². The van der Waals surface area contributed by atoms with Gasteiger partial charge in [-0.15, -0.1) is 11.6 Å². The van der Waals surface area contributed by atoms with Crippen molar-refractivity contribution in [3.05, 3.63) is 0 Å². The number of amides is 1. The molecule has 15 heavy (non-hydrogen) atoms. The highest BCUT2D eigenvalue weighted by molar-refractivity contribution is 6.17. The summed E-state index contributed by atoms with van der Waals surface area (Å²) in [6.07, 6.45) is 6.53. The largest absolute Gasteiger partial charge is 0.343 e. The Bertz CT molecular complexity index is 192. The lowest BCUT2D eigenvalue weighted by Gasteiger charge is -2.31. The van der Waals surface area contributed by atoms with Gasteiger partial charge in [-0.2, -0.15) is 0 Å². The average Bonchev–Trinajstić information content (AvgIpc) is 2.16. The summed E-state index contributed by atoms with van der Waals surface area (Å²) in [5, 5.41) is 0. The minimum Gasteiger partial charge on any atom is -0.343 e. The van der Waals surface area contributed by atoms with Gasteiger partial charge in [-0.05, 0) is 38.5 Å². The minimum absolute atomic E-state index is 0.314. The Balaban J connectivity index is 2.19. The first-order valence-corrected chi connectivity index (χ1v) is 6.65. The van der Waals surface area contributed by atoms with E-state index < -0.39 is 0 Å². The van der Waals surface area contributed by atoms with Gasteiger partial charge in [-0.3, -0.25) is 4.79 Å². The van der Waals surface area contributed by atoms with Crippen LogP contribution in [0.5, 0.6) is 0 Å². The SMILES string of the molecule is CCN(CC1CCC1)C(=O)CCCCCl. The molecular formula is C12H22ClNO. The molecule has 0 aromatic rings. The lowest BCUT2D eigenvalue weighted by molar-refractivity contribution is -0.132. The maximum atomic E-state index is 11.8. The second kappa shape index (κ2) is 7.10. The third-order valence-electron chi connectivity index (χ3n) is 3.21. The van der Waals surface area contributed by atoms with Crippen LogP contribution in [0.2, 0.25) is 0 Å². The van der Waals surface area contributed by atoms with Gasteiger partial charge >= 0.3 is 0 Å². The molecule has 1 aliphatic carbocycles. The zero-order valence-corrected chi connectivity index (χ0v) is 10.4. The van der Waals surface area contributed by atoms with E-state index in [9.17, 15) is 4.79 Å². The van der Waals surface area contributed by atoms with Gasteiger partial charge in [0.25, 0.3) is 0 Å². The van der Waals surface area contributed by atoms with Gasteiger partial charge in [-0.25, -0.2) is 0 Å². The molecule has 88 valence electrons. The van der Waals surface area contributed by atoms with Gasteiger partial charge in [0.2, 0.25) is 5.91 Å². The Kier molecular flexibility index (Phi) is 6.07. The van der Waals surface area contributed by atoms with E-state index in [4.69, 9.17) is 11.6 Å². The van der Waals surface area contributed by atoms with E-state index in [1.54, 1.807) is 0 Å². The van der Waals surface area contributed by atoms with Gasteiger partial charge in [0, 0.05) is 25.4 Å². The zero-order valence-electron chi connectivity index (χ0n) is 9.67. The summed E-state index contributed by atoms with van der Waals surface area (Å²) in [4.78, 5) is 13.8. The van der Waals surface area contributed by atoms with E-state index in [0.29, 0.717) is 18.2 Å². The number of unbranched alkanes of at least 4 members (excludes halogenated alkanes) is 1. The summed E-state index contributed by atoms with van der Waals surface area (Å²) >= 11 is 5.59. The summed E-state index contributed by atoms with van der Waals surface area (Å²) in [7, 11) is 0. The molecule has 1 rings (SSSR count). The van der Waals surface area contributed by atoms with Gasteiger partial charge < -0.3 is 4.90 Å². The van der Waals surface area contributed by atoms with Crippen molar-refractivity contribution in [2.45, 2.75) is 45.4 Å². The van der Waals surface area contributed by atoms with E-state index >= 15 is 0 Å². The molecule has 0 spiro atoms. The van der Waals surface area contributed by atoms with Crippen molar-refractivity contribution in [1.82, 2.24) is 4.90 Å². The number of carbonyl (C=O) groups excluding carboxylic acids is 1. The highest BCUT2D eigenvalue weighted by Gasteiger charge is 2.22. The molecule has 0 saturated heterocycles. The maximum absolute atomic E-state index is 11.8. The monoisotopic (exact) mass is 231 g/mol. The second-order valence-corrected chi connectivity index (χ2v) is 4.75. The van der Waals surface area contributed by atoms with E-state index in [0.717, 1.165) is 31.8 Å². The van der Waals surface area contributed by atoms with Gasteiger partial charge in [0.1, 0.15) is 0 Å². The summed E-state index contributed by atoms with van der Waals surface area (Å²) in [6, 6.07) is 0. The van der Waals surface area contributed by atoms with Crippen LogP contribution in [0, 0.1) is 5.92 Å². The average molecular weight is 232 g/mol. The first-order chi connectivity index (χ1) is 7.27. The van der Waals surface area contributed by atoms with Crippen LogP contribution in [0.25, 0.3) is 0 Å². The van der Waals surface area contributed by atoms with Gasteiger partial charge in [0.05, 0.1) is 0 Å². The number of nitrogens with zero attached hydrogens (tertiary/aromatic N) is 1. The molecule has 0 aromatic carbocycles. The zero-order chi connectivity index (χ0) is 11.1.